The summed E-state index contributed by atoms with van der Waals surface area (Å²) in [5.74, 6) is 0.179. The molecular formula is C21H20N2O4S. The quantitative estimate of drug-likeness (QED) is 0.658. The molecule has 3 aromatic carbocycles. The van der Waals surface area contributed by atoms with Gasteiger partial charge in [0.2, 0.25) is 0 Å². The number of hydrogen-bond donors (Lipinski definition) is 2. The van der Waals surface area contributed by atoms with Crippen molar-refractivity contribution in [1.82, 2.24) is 0 Å². The Hall–Kier alpha value is -3.32. The van der Waals surface area contributed by atoms with Crippen LogP contribution < -0.4 is 14.8 Å². The van der Waals surface area contributed by atoms with Crippen LogP contribution >= 0.6 is 0 Å². The summed E-state index contributed by atoms with van der Waals surface area (Å²) in [7, 11) is -2.23. The molecule has 1 amide bonds. The van der Waals surface area contributed by atoms with Gasteiger partial charge in [0, 0.05) is 5.56 Å². The van der Waals surface area contributed by atoms with Crippen molar-refractivity contribution >= 4 is 27.3 Å². The first-order chi connectivity index (χ1) is 13.4. The van der Waals surface area contributed by atoms with E-state index in [1.54, 1.807) is 36.4 Å². The molecule has 0 bridgehead atoms. The lowest BCUT2D eigenvalue weighted by atomic mass is 10.2. The van der Waals surface area contributed by atoms with Crippen molar-refractivity contribution in [2.24, 2.45) is 0 Å². The minimum atomic E-state index is -3.75. The summed E-state index contributed by atoms with van der Waals surface area (Å²) in [5, 5.41) is 2.75. The van der Waals surface area contributed by atoms with Gasteiger partial charge >= 0.3 is 0 Å². The molecule has 0 radical (unpaired) electrons. The molecule has 3 aromatic rings. The van der Waals surface area contributed by atoms with Crippen LogP contribution in [0.5, 0.6) is 5.75 Å². The van der Waals surface area contributed by atoms with Gasteiger partial charge in [-0.2, -0.15) is 0 Å². The third-order valence-electron chi connectivity index (χ3n) is 4.17. The number of carbonyl (C=O) groups is 1. The average molecular weight is 396 g/mol. The number of carbonyl (C=O) groups excluding carboxylic acids is 1. The summed E-state index contributed by atoms with van der Waals surface area (Å²) in [4.78, 5) is 12.5. The minimum Gasteiger partial charge on any atom is -0.495 e. The van der Waals surface area contributed by atoms with Gasteiger partial charge in [0.25, 0.3) is 15.9 Å². The van der Waals surface area contributed by atoms with Crippen LogP contribution in [0.15, 0.2) is 77.7 Å². The molecule has 0 saturated heterocycles. The molecule has 2 N–H and O–H groups in total. The zero-order valence-corrected chi connectivity index (χ0v) is 16.3. The third kappa shape index (κ3) is 4.32. The summed E-state index contributed by atoms with van der Waals surface area (Å²) >= 11 is 0. The van der Waals surface area contributed by atoms with Crippen LogP contribution in [0.1, 0.15) is 15.9 Å². The molecule has 0 unspecified atom stereocenters. The van der Waals surface area contributed by atoms with Crippen LogP contribution in [0.3, 0.4) is 0 Å². The van der Waals surface area contributed by atoms with Crippen molar-refractivity contribution in [3.05, 3.63) is 83.9 Å². The first kappa shape index (κ1) is 19.4. The Morgan fingerprint density at radius 3 is 2.11 bits per heavy atom. The number of sulfonamides is 1. The standard InChI is InChI=1S/C21H20N2O4S/c1-15-7-3-4-8-18(15)23-28(25,26)17-13-11-16(12-14-17)21(24)22-19-9-5-6-10-20(19)27-2/h3-14,23H,1-2H3,(H,22,24). The van der Waals surface area contributed by atoms with Gasteiger partial charge in [0.05, 0.1) is 23.4 Å². The number of rotatable bonds is 6. The van der Waals surface area contributed by atoms with E-state index in [-0.39, 0.29) is 10.8 Å². The molecule has 0 aliphatic heterocycles. The number of benzene rings is 3. The molecule has 0 saturated carbocycles. The highest BCUT2D eigenvalue weighted by Gasteiger charge is 2.16. The maximum absolute atomic E-state index is 12.6. The lowest BCUT2D eigenvalue weighted by Crippen LogP contribution is -2.15. The zero-order valence-electron chi connectivity index (χ0n) is 15.5. The van der Waals surface area contributed by atoms with Crippen LogP contribution in [-0.4, -0.2) is 21.4 Å². The Bertz CT molecular complexity index is 1090. The van der Waals surface area contributed by atoms with Crippen molar-refractivity contribution in [2.75, 3.05) is 17.1 Å². The van der Waals surface area contributed by atoms with Crippen LogP contribution in [0.4, 0.5) is 11.4 Å². The first-order valence-corrected chi connectivity index (χ1v) is 10.0. The molecule has 0 fully saturated rings. The van der Waals surface area contributed by atoms with Gasteiger partial charge < -0.3 is 10.1 Å². The van der Waals surface area contributed by atoms with Gasteiger partial charge in [-0.1, -0.05) is 30.3 Å². The molecule has 6 nitrogen and oxygen atoms in total. The topological polar surface area (TPSA) is 84.5 Å². The Labute approximate surface area is 164 Å². The van der Waals surface area contributed by atoms with Crippen LogP contribution in [-0.2, 0) is 10.0 Å². The molecule has 0 spiro atoms. The summed E-state index contributed by atoms with van der Waals surface area (Å²) in [6.07, 6.45) is 0. The van der Waals surface area contributed by atoms with Gasteiger partial charge in [-0.05, 0) is 55.0 Å². The van der Waals surface area contributed by atoms with Gasteiger partial charge in [0.15, 0.2) is 0 Å². The van der Waals surface area contributed by atoms with E-state index in [2.05, 4.69) is 10.0 Å². The maximum Gasteiger partial charge on any atom is 0.261 e. The van der Waals surface area contributed by atoms with Crippen molar-refractivity contribution < 1.29 is 17.9 Å². The minimum absolute atomic E-state index is 0.0737. The van der Waals surface area contributed by atoms with Crippen LogP contribution in [0.2, 0.25) is 0 Å². The summed E-state index contributed by atoms with van der Waals surface area (Å²) in [5.41, 5.74) is 2.20. The molecule has 28 heavy (non-hydrogen) atoms. The Morgan fingerprint density at radius 2 is 1.46 bits per heavy atom. The number of para-hydroxylation sites is 3. The van der Waals surface area contributed by atoms with E-state index >= 15 is 0 Å². The fourth-order valence-electron chi connectivity index (χ4n) is 2.62. The number of ether oxygens (including phenoxy) is 1. The maximum atomic E-state index is 12.6. The second kappa shape index (κ2) is 8.14. The molecule has 0 heterocycles. The van der Waals surface area contributed by atoms with Gasteiger partial charge in [0.1, 0.15) is 5.75 Å². The summed E-state index contributed by atoms with van der Waals surface area (Å²) < 4.78 is 32.9. The number of methoxy groups -OCH3 is 1. The molecule has 3 rings (SSSR count). The predicted octanol–water partition coefficient (Wildman–Crippen LogP) is 4.06. The number of anilines is 2. The van der Waals surface area contributed by atoms with E-state index in [9.17, 15) is 13.2 Å². The Morgan fingerprint density at radius 1 is 0.857 bits per heavy atom. The monoisotopic (exact) mass is 396 g/mol. The third-order valence-corrected chi connectivity index (χ3v) is 5.55. The molecule has 144 valence electrons. The van der Waals surface area contributed by atoms with Crippen molar-refractivity contribution in [3.8, 4) is 5.75 Å². The molecule has 0 aliphatic carbocycles. The number of nitrogens with one attached hydrogen (secondary N) is 2. The number of aryl methyl sites for hydroxylation is 1. The van der Waals surface area contributed by atoms with Crippen molar-refractivity contribution in [3.63, 3.8) is 0 Å². The van der Waals surface area contributed by atoms with Crippen molar-refractivity contribution in [2.45, 2.75) is 11.8 Å². The molecule has 0 atom stereocenters. The number of amides is 1. The second-order valence-corrected chi connectivity index (χ2v) is 7.78. The van der Waals surface area contributed by atoms with E-state index in [1.165, 1.54) is 31.4 Å². The SMILES string of the molecule is COc1ccccc1NC(=O)c1ccc(S(=O)(=O)Nc2ccccc2C)cc1. The highest BCUT2D eigenvalue weighted by atomic mass is 32.2. The van der Waals surface area contributed by atoms with E-state index in [0.29, 0.717) is 22.7 Å². The van der Waals surface area contributed by atoms with Gasteiger partial charge in [-0.15, -0.1) is 0 Å². The second-order valence-electron chi connectivity index (χ2n) is 6.10. The van der Waals surface area contributed by atoms with Gasteiger partial charge in [-0.3, -0.25) is 9.52 Å². The summed E-state index contributed by atoms with van der Waals surface area (Å²) in [6.45, 7) is 1.82. The molecule has 7 heteroatoms. The largest absolute Gasteiger partial charge is 0.495 e. The first-order valence-electron chi connectivity index (χ1n) is 8.53. The lowest BCUT2D eigenvalue weighted by Gasteiger charge is -2.12. The lowest BCUT2D eigenvalue weighted by molar-refractivity contribution is 0.102. The highest BCUT2D eigenvalue weighted by Crippen LogP contribution is 2.24. The van der Waals surface area contributed by atoms with E-state index in [4.69, 9.17) is 4.74 Å². The van der Waals surface area contributed by atoms with Crippen LogP contribution in [0, 0.1) is 6.92 Å². The van der Waals surface area contributed by atoms with Crippen molar-refractivity contribution in [1.29, 1.82) is 0 Å². The van der Waals surface area contributed by atoms with Crippen LogP contribution in [0.25, 0.3) is 0 Å². The van der Waals surface area contributed by atoms with E-state index < -0.39 is 10.0 Å². The molecule has 0 aromatic heterocycles. The summed E-state index contributed by atoms with van der Waals surface area (Å²) in [6, 6.07) is 19.9. The van der Waals surface area contributed by atoms with E-state index in [1.807, 2.05) is 19.1 Å². The normalized spacial score (nSPS) is 10.9. The highest BCUT2D eigenvalue weighted by molar-refractivity contribution is 7.92. The fraction of sp³-hybridized carbons (Fsp3) is 0.0952. The average Bonchev–Trinajstić information content (AvgIpc) is 2.70. The number of hydrogen-bond acceptors (Lipinski definition) is 4. The Balaban J connectivity index is 1.77. The molecular weight excluding hydrogens is 376 g/mol. The van der Waals surface area contributed by atoms with E-state index in [0.717, 1.165) is 5.56 Å². The molecule has 0 aliphatic rings. The van der Waals surface area contributed by atoms with Gasteiger partial charge in [-0.25, -0.2) is 8.42 Å². The zero-order chi connectivity index (χ0) is 20.1. The fourth-order valence-corrected chi connectivity index (χ4v) is 3.75. The predicted molar refractivity (Wildman–Crippen MR) is 109 cm³/mol. The smallest absolute Gasteiger partial charge is 0.261 e. The Kier molecular flexibility index (Phi) is 5.65.